The van der Waals surface area contributed by atoms with E-state index in [4.69, 9.17) is 4.74 Å². The van der Waals surface area contributed by atoms with Gasteiger partial charge < -0.3 is 15.4 Å². The summed E-state index contributed by atoms with van der Waals surface area (Å²) in [5.41, 5.74) is 2.22. The van der Waals surface area contributed by atoms with Crippen molar-refractivity contribution in [2.45, 2.75) is 13.8 Å². The number of carbonyl (C=O) groups excluding carboxylic acids is 5. The number of imide groups is 1. The van der Waals surface area contributed by atoms with E-state index in [1.54, 1.807) is 25.1 Å². The van der Waals surface area contributed by atoms with Gasteiger partial charge in [0.25, 0.3) is 11.1 Å². The largest absolute Gasteiger partial charge is 0.462 e. The molecule has 2 N–H and O–H groups in total. The predicted molar refractivity (Wildman–Crippen MR) is 124 cm³/mol. The molecule has 1 saturated heterocycles. The maximum Gasteiger partial charge on any atom is 0.338 e. The van der Waals surface area contributed by atoms with E-state index >= 15 is 0 Å². The van der Waals surface area contributed by atoms with Crippen molar-refractivity contribution in [2.75, 3.05) is 23.8 Å². The highest BCUT2D eigenvalue weighted by Gasteiger charge is 2.36. The van der Waals surface area contributed by atoms with E-state index < -0.39 is 35.5 Å². The summed E-state index contributed by atoms with van der Waals surface area (Å²) < 4.78 is 4.89. The molecular weight excluding hydrogens is 446 g/mol. The number of nitrogens with zero attached hydrogens (tertiary/aromatic N) is 1. The van der Waals surface area contributed by atoms with Crippen molar-refractivity contribution < 1.29 is 28.7 Å². The van der Waals surface area contributed by atoms with Crippen molar-refractivity contribution in [3.63, 3.8) is 0 Å². The number of esters is 1. The number of amides is 4. The Labute approximate surface area is 194 Å². The Kier molecular flexibility index (Phi) is 7.62. The van der Waals surface area contributed by atoms with Crippen LogP contribution in [0.3, 0.4) is 0 Å². The summed E-state index contributed by atoms with van der Waals surface area (Å²) in [5, 5.41) is 4.55. The van der Waals surface area contributed by atoms with Gasteiger partial charge in [0.05, 0.1) is 17.1 Å². The first-order valence-corrected chi connectivity index (χ1v) is 10.8. The molecule has 33 heavy (non-hydrogen) atoms. The van der Waals surface area contributed by atoms with Crippen LogP contribution in [0.2, 0.25) is 0 Å². The molecule has 9 nitrogen and oxygen atoms in total. The Morgan fingerprint density at radius 2 is 1.76 bits per heavy atom. The lowest BCUT2D eigenvalue weighted by Crippen LogP contribution is -2.36. The molecule has 2 aromatic rings. The minimum atomic E-state index is -0.725. The highest BCUT2D eigenvalue weighted by atomic mass is 32.2. The third-order valence-corrected chi connectivity index (χ3v) is 5.31. The second-order valence-corrected chi connectivity index (χ2v) is 7.97. The molecule has 4 amide bonds. The van der Waals surface area contributed by atoms with E-state index in [9.17, 15) is 24.0 Å². The molecule has 0 unspecified atom stereocenters. The number of ether oxygens (including phenoxy) is 1. The second kappa shape index (κ2) is 10.6. The molecule has 1 fully saturated rings. The summed E-state index contributed by atoms with van der Waals surface area (Å²) in [5.74, 6) is -2.36. The summed E-state index contributed by atoms with van der Waals surface area (Å²) in [6.45, 7) is 3.36. The van der Waals surface area contributed by atoms with Crippen molar-refractivity contribution in [3.05, 3.63) is 70.6 Å². The first kappa shape index (κ1) is 23.7. The van der Waals surface area contributed by atoms with E-state index in [1.807, 2.05) is 13.0 Å². The molecule has 10 heteroatoms. The lowest BCUT2D eigenvalue weighted by Gasteiger charge is -2.12. The van der Waals surface area contributed by atoms with Gasteiger partial charge in [0, 0.05) is 17.5 Å². The van der Waals surface area contributed by atoms with Gasteiger partial charge in [-0.3, -0.25) is 24.1 Å². The van der Waals surface area contributed by atoms with E-state index in [2.05, 4.69) is 10.6 Å². The first-order valence-electron chi connectivity index (χ1n) is 9.97. The third-order valence-electron chi connectivity index (χ3n) is 4.40. The van der Waals surface area contributed by atoms with E-state index in [-0.39, 0.29) is 11.5 Å². The smallest absolute Gasteiger partial charge is 0.338 e. The van der Waals surface area contributed by atoms with Gasteiger partial charge in [-0.1, -0.05) is 12.1 Å². The zero-order chi connectivity index (χ0) is 24.0. The molecule has 0 atom stereocenters. The lowest BCUT2D eigenvalue weighted by atomic mass is 10.2. The van der Waals surface area contributed by atoms with Crippen LogP contribution in [0.5, 0.6) is 0 Å². The monoisotopic (exact) mass is 467 g/mol. The molecule has 1 aliphatic rings. The highest BCUT2D eigenvalue weighted by molar-refractivity contribution is 8.18. The summed E-state index contributed by atoms with van der Waals surface area (Å²) in [6, 6.07) is 13.1. The lowest BCUT2D eigenvalue weighted by molar-refractivity contribution is -0.127. The maximum absolute atomic E-state index is 12.5. The van der Waals surface area contributed by atoms with Crippen LogP contribution in [0.4, 0.5) is 16.2 Å². The summed E-state index contributed by atoms with van der Waals surface area (Å²) in [7, 11) is 0. The molecule has 2 aromatic carbocycles. The number of rotatable bonds is 7. The van der Waals surface area contributed by atoms with Crippen LogP contribution in [0, 0.1) is 6.92 Å². The SMILES string of the molecule is CCOC(=O)c1ccc(NC(=O)/C=C2\SC(=O)N(CC(=O)Nc3cccc(C)c3)C2=O)cc1. The van der Waals surface area contributed by atoms with Crippen LogP contribution in [0.15, 0.2) is 59.5 Å². The minimum absolute atomic E-state index is 0.0935. The molecule has 170 valence electrons. The van der Waals surface area contributed by atoms with Crippen LogP contribution in [-0.2, 0) is 19.1 Å². The van der Waals surface area contributed by atoms with Crippen molar-refractivity contribution >= 4 is 52.1 Å². The van der Waals surface area contributed by atoms with E-state index in [0.29, 0.717) is 28.7 Å². The van der Waals surface area contributed by atoms with Gasteiger partial charge in [-0.25, -0.2) is 4.79 Å². The zero-order valence-electron chi connectivity index (χ0n) is 17.9. The van der Waals surface area contributed by atoms with Crippen molar-refractivity contribution in [1.29, 1.82) is 0 Å². The van der Waals surface area contributed by atoms with E-state index in [1.165, 1.54) is 24.3 Å². The predicted octanol–water partition coefficient (Wildman–Crippen LogP) is 3.33. The molecule has 3 rings (SSSR count). The van der Waals surface area contributed by atoms with Crippen LogP contribution >= 0.6 is 11.8 Å². The number of hydrogen-bond acceptors (Lipinski definition) is 7. The summed E-state index contributed by atoms with van der Waals surface area (Å²) >= 11 is 0.580. The van der Waals surface area contributed by atoms with Gasteiger partial charge in [-0.2, -0.15) is 0 Å². The van der Waals surface area contributed by atoms with Crippen molar-refractivity contribution in [3.8, 4) is 0 Å². The van der Waals surface area contributed by atoms with Gasteiger partial charge in [0.15, 0.2) is 0 Å². The molecule has 0 aliphatic carbocycles. The highest BCUT2D eigenvalue weighted by Crippen LogP contribution is 2.30. The van der Waals surface area contributed by atoms with E-state index in [0.717, 1.165) is 16.5 Å². The average molecular weight is 468 g/mol. The number of benzene rings is 2. The molecule has 1 aliphatic heterocycles. The number of anilines is 2. The summed E-state index contributed by atoms with van der Waals surface area (Å²) in [6.07, 6.45) is 1.00. The van der Waals surface area contributed by atoms with Gasteiger partial charge in [0.2, 0.25) is 11.8 Å². The normalized spacial score (nSPS) is 14.4. The Balaban J connectivity index is 1.59. The topological polar surface area (TPSA) is 122 Å². The van der Waals surface area contributed by atoms with Gasteiger partial charge in [-0.15, -0.1) is 0 Å². The average Bonchev–Trinajstić information content (AvgIpc) is 3.01. The quantitative estimate of drug-likeness (QED) is 0.473. The van der Waals surface area contributed by atoms with Crippen molar-refractivity contribution in [2.24, 2.45) is 0 Å². The Morgan fingerprint density at radius 1 is 1.03 bits per heavy atom. The molecule has 1 heterocycles. The molecule has 0 aromatic heterocycles. The van der Waals surface area contributed by atoms with Gasteiger partial charge in [0.1, 0.15) is 6.54 Å². The fraction of sp³-hybridized carbons (Fsp3) is 0.174. The molecule has 0 radical (unpaired) electrons. The molecular formula is C23H21N3O6S. The fourth-order valence-electron chi connectivity index (χ4n) is 2.90. The minimum Gasteiger partial charge on any atom is -0.462 e. The van der Waals surface area contributed by atoms with Crippen LogP contribution in [-0.4, -0.2) is 47.0 Å². The number of aryl methyl sites for hydroxylation is 1. The van der Waals surface area contributed by atoms with Crippen LogP contribution in [0.1, 0.15) is 22.8 Å². The summed E-state index contributed by atoms with van der Waals surface area (Å²) in [4.78, 5) is 61.6. The number of thioether (sulfide) groups is 1. The Hall–Kier alpha value is -3.92. The first-order chi connectivity index (χ1) is 15.8. The zero-order valence-corrected chi connectivity index (χ0v) is 18.7. The Bertz CT molecular complexity index is 1140. The molecule has 0 saturated carbocycles. The number of hydrogen-bond donors (Lipinski definition) is 2. The number of carbonyl (C=O) groups is 5. The van der Waals surface area contributed by atoms with Crippen LogP contribution < -0.4 is 10.6 Å². The third kappa shape index (κ3) is 6.30. The fourth-order valence-corrected chi connectivity index (χ4v) is 3.71. The van der Waals surface area contributed by atoms with Crippen LogP contribution in [0.25, 0.3) is 0 Å². The van der Waals surface area contributed by atoms with Gasteiger partial charge in [-0.05, 0) is 67.6 Å². The second-order valence-electron chi connectivity index (χ2n) is 6.97. The Morgan fingerprint density at radius 3 is 2.42 bits per heavy atom. The van der Waals surface area contributed by atoms with Crippen molar-refractivity contribution in [1.82, 2.24) is 4.90 Å². The maximum atomic E-state index is 12.5. The number of nitrogens with one attached hydrogen (secondary N) is 2. The standard InChI is InChI=1S/C23H21N3O6S/c1-3-32-22(30)15-7-9-16(10-8-15)24-19(27)12-18-21(29)26(23(31)33-18)13-20(28)25-17-6-4-5-14(2)11-17/h4-12H,3,13H2,1-2H3,(H,24,27)(H,25,28)/b18-12-. The molecule has 0 bridgehead atoms. The molecule has 0 spiro atoms. The van der Waals surface area contributed by atoms with Gasteiger partial charge >= 0.3 is 5.97 Å².